The van der Waals surface area contributed by atoms with Crippen LogP contribution in [0.15, 0.2) is 47.1 Å². The van der Waals surface area contributed by atoms with E-state index >= 15 is 0 Å². The minimum absolute atomic E-state index is 0.0762. The van der Waals surface area contributed by atoms with Crippen molar-refractivity contribution in [1.82, 2.24) is 0 Å². The second kappa shape index (κ2) is 5.81. The molecule has 0 bridgehead atoms. The van der Waals surface area contributed by atoms with E-state index in [1.165, 1.54) is 22.5 Å². The number of thioether (sulfide) groups is 1. The first-order valence-electron chi connectivity index (χ1n) is 8.71. The summed E-state index contributed by atoms with van der Waals surface area (Å²) in [6, 6.07) is 0. The van der Waals surface area contributed by atoms with Crippen LogP contribution in [0.3, 0.4) is 0 Å². The number of hydrogen-bond acceptors (Lipinski definition) is 1. The van der Waals surface area contributed by atoms with Crippen molar-refractivity contribution in [3.63, 3.8) is 0 Å². The third-order valence-corrected chi connectivity index (χ3v) is 13.7. The van der Waals surface area contributed by atoms with Gasteiger partial charge in [0.05, 0.1) is 8.07 Å². The Morgan fingerprint density at radius 3 is 2.30 bits per heavy atom. The first-order chi connectivity index (χ1) is 10.4. The Bertz CT molecular complexity index is 587. The molecule has 0 aromatic carbocycles. The third kappa shape index (κ3) is 2.57. The molecule has 0 unspecified atom stereocenters. The fraction of sp³-hybridized carbons (Fsp3) is 0.619. The summed E-state index contributed by atoms with van der Waals surface area (Å²) in [6.45, 7) is 27.7. The van der Waals surface area contributed by atoms with E-state index in [4.69, 9.17) is 0 Å². The number of fused-ring (bicyclic) bond motifs is 1. The lowest BCUT2D eigenvalue weighted by molar-refractivity contribution is 0.412. The standard InChI is InChI=1S/C21H34SSi/c1-11-21-13-16(14(2)3)12-17(21)19(18(22-8)15(21)4)23(9,10)20(5,6)7/h11,16-17H,1-2,4,12-13H2,3,5-10H3/t16-,17+,21-/m1/s1. The van der Waals surface area contributed by atoms with Gasteiger partial charge in [-0.25, -0.2) is 0 Å². The van der Waals surface area contributed by atoms with E-state index in [1.54, 1.807) is 5.20 Å². The van der Waals surface area contributed by atoms with Gasteiger partial charge in [-0.3, -0.25) is 0 Å². The molecule has 2 aliphatic rings. The van der Waals surface area contributed by atoms with Gasteiger partial charge in [0, 0.05) is 10.3 Å². The summed E-state index contributed by atoms with van der Waals surface area (Å²) < 4.78 is 0. The number of allylic oxidation sites excluding steroid dienone is 4. The van der Waals surface area contributed by atoms with Crippen LogP contribution in [0.4, 0.5) is 0 Å². The lowest BCUT2D eigenvalue weighted by Crippen LogP contribution is -2.43. The Labute approximate surface area is 149 Å². The van der Waals surface area contributed by atoms with Crippen molar-refractivity contribution in [2.45, 2.75) is 58.7 Å². The molecule has 128 valence electrons. The SMILES string of the molecule is C=C[C@]12C[C@H](C(=C)C)C[C@H]1C([Si](C)(C)C(C)(C)C)=C(SC)C2=C. The van der Waals surface area contributed by atoms with E-state index in [0.717, 1.165) is 6.42 Å². The molecule has 2 heteroatoms. The average molecular weight is 347 g/mol. The van der Waals surface area contributed by atoms with Crippen molar-refractivity contribution in [1.29, 1.82) is 0 Å². The molecular weight excluding hydrogens is 312 g/mol. The number of hydrogen-bond donors (Lipinski definition) is 0. The Hall–Kier alpha value is -0.473. The topological polar surface area (TPSA) is 0 Å². The smallest absolute Gasteiger partial charge is 0.0826 e. The van der Waals surface area contributed by atoms with Gasteiger partial charge in [-0.05, 0) is 48.5 Å². The molecule has 0 heterocycles. The van der Waals surface area contributed by atoms with Gasteiger partial charge in [0.1, 0.15) is 0 Å². The molecule has 1 saturated carbocycles. The Morgan fingerprint density at radius 2 is 1.91 bits per heavy atom. The van der Waals surface area contributed by atoms with Crippen molar-refractivity contribution >= 4 is 19.8 Å². The zero-order chi connectivity index (χ0) is 17.8. The monoisotopic (exact) mass is 346 g/mol. The van der Waals surface area contributed by atoms with Crippen LogP contribution >= 0.6 is 11.8 Å². The lowest BCUT2D eigenvalue weighted by atomic mass is 9.76. The highest BCUT2D eigenvalue weighted by Crippen LogP contribution is 2.67. The molecule has 3 atom stereocenters. The maximum absolute atomic E-state index is 4.57. The van der Waals surface area contributed by atoms with Gasteiger partial charge in [-0.15, -0.1) is 18.3 Å². The minimum Gasteiger partial charge on any atom is -0.130 e. The van der Waals surface area contributed by atoms with Gasteiger partial charge >= 0.3 is 0 Å². The van der Waals surface area contributed by atoms with Gasteiger partial charge in [0.15, 0.2) is 0 Å². The molecule has 0 aromatic rings. The van der Waals surface area contributed by atoms with Crippen LogP contribution in [0.5, 0.6) is 0 Å². The maximum atomic E-state index is 4.57. The zero-order valence-electron chi connectivity index (χ0n) is 16.2. The van der Waals surface area contributed by atoms with E-state index in [1.807, 2.05) is 11.8 Å². The Kier molecular flexibility index (Phi) is 4.76. The van der Waals surface area contributed by atoms with Crippen LogP contribution in [-0.4, -0.2) is 14.3 Å². The number of rotatable bonds is 4. The van der Waals surface area contributed by atoms with Crippen molar-refractivity contribution in [2.75, 3.05) is 6.26 Å². The summed E-state index contributed by atoms with van der Waals surface area (Å²) in [4.78, 5) is 1.50. The molecule has 0 amide bonds. The van der Waals surface area contributed by atoms with Crippen LogP contribution in [0.1, 0.15) is 40.5 Å². The first kappa shape index (κ1) is 18.9. The van der Waals surface area contributed by atoms with Gasteiger partial charge < -0.3 is 0 Å². The second-order valence-electron chi connectivity index (χ2n) is 9.08. The first-order valence-corrected chi connectivity index (χ1v) is 12.9. The summed E-state index contributed by atoms with van der Waals surface area (Å²) >= 11 is 1.92. The lowest BCUT2D eigenvalue weighted by Gasteiger charge is -2.42. The second-order valence-corrected chi connectivity index (χ2v) is 15.2. The molecule has 1 fully saturated rings. The molecule has 0 radical (unpaired) electrons. The fourth-order valence-electron chi connectivity index (χ4n) is 4.45. The van der Waals surface area contributed by atoms with E-state index in [2.05, 4.69) is 72.9 Å². The van der Waals surface area contributed by atoms with Crippen LogP contribution in [0, 0.1) is 17.3 Å². The van der Waals surface area contributed by atoms with Crippen LogP contribution in [0.2, 0.25) is 18.1 Å². The van der Waals surface area contributed by atoms with Gasteiger partial charge in [-0.1, -0.05) is 63.9 Å². The summed E-state index contributed by atoms with van der Waals surface area (Å²) in [6.07, 6.45) is 6.82. The fourth-order valence-corrected chi connectivity index (χ4v) is 9.09. The normalized spacial score (nSPS) is 31.5. The van der Waals surface area contributed by atoms with E-state index in [0.29, 0.717) is 16.9 Å². The molecule has 0 aromatic heterocycles. The van der Waals surface area contributed by atoms with Crippen LogP contribution in [-0.2, 0) is 0 Å². The molecule has 2 rings (SSSR count). The third-order valence-electron chi connectivity index (χ3n) is 6.97. The predicted molar refractivity (Wildman–Crippen MR) is 111 cm³/mol. The molecule has 0 N–H and O–H groups in total. The summed E-state index contributed by atoms with van der Waals surface area (Å²) in [5, 5.41) is 2.11. The van der Waals surface area contributed by atoms with Gasteiger partial charge in [0.25, 0.3) is 0 Å². The van der Waals surface area contributed by atoms with E-state index in [-0.39, 0.29) is 5.41 Å². The molecule has 23 heavy (non-hydrogen) atoms. The van der Waals surface area contributed by atoms with Gasteiger partial charge in [-0.2, -0.15) is 0 Å². The van der Waals surface area contributed by atoms with Crippen molar-refractivity contribution in [3.05, 3.63) is 47.1 Å². The van der Waals surface area contributed by atoms with Crippen molar-refractivity contribution in [2.24, 2.45) is 17.3 Å². The van der Waals surface area contributed by atoms with E-state index < -0.39 is 8.07 Å². The van der Waals surface area contributed by atoms with Crippen LogP contribution < -0.4 is 0 Å². The summed E-state index contributed by atoms with van der Waals surface area (Å²) in [5.74, 6) is 1.20. The highest BCUT2D eigenvalue weighted by atomic mass is 32.2. The molecule has 0 nitrogen and oxygen atoms in total. The van der Waals surface area contributed by atoms with Crippen molar-refractivity contribution < 1.29 is 0 Å². The zero-order valence-corrected chi connectivity index (χ0v) is 18.0. The molecule has 0 spiro atoms. The van der Waals surface area contributed by atoms with Crippen molar-refractivity contribution in [3.8, 4) is 0 Å². The minimum atomic E-state index is -1.59. The Balaban J connectivity index is 2.65. The quantitative estimate of drug-likeness (QED) is 0.390. The highest BCUT2D eigenvalue weighted by molar-refractivity contribution is 8.02. The summed E-state index contributed by atoms with van der Waals surface area (Å²) in [7, 11) is -1.59. The summed E-state index contributed by atoms with van der Waals surface area (Å²) in [5.41, 5.74) is 2.74. The predicted octanol–water partition coefficient (Wildman–Crippen LogP) is 7.00. The average Bonchev–Trinajstić information content (AvgIpc) is 2.91. The molecule has 2 aliphatic carbocycles. The highest BCUT2D eigenvalue weighted by Gasteiger charge is 2.58. The molecular formula is C21H34SSi. The largest absolute Gasteiger partial charge is 0.130 e. The van der Waals surface area contributed by atoms with E-state index in [9.17, 15) is 0 Å². The molecule has 0 aliphatic heterocycles. The maximum Gasteiger partial charge on any atom is 0.0826 e. The van der Waals surface area contributed by atoms with Gasteiger partial charge in [0.2, 0.25) is 0 Å². The van der Waals surface area contributed by atoms with Crippen LogP contribution in [0.25, 0.3) is 0 Å². The molecule has 0 saturated heterocycles. The Morgan fingerprint density at radius 1 is 1.35 bits per heavy atom.